The Hall–Kier alpha value is -1.59. The van der Waals surface area contributed by atoms with Crippen molar-refractivity contribution in [1.82, 2.24) is 4.72 Å². The summed E-state index contributed by atoms with van der Waals surface area (Å²) in [5.41, 5.74) is 9.82. The van der Waals surface area contributed by atoms with Crippen molar-refractivity contribution in [3.8, 4) is 0 Å². The first-order valence-electron chi connectivity index (χ1n) is 7.18. The first-order chi connectivity index (χ1) is 9.94. The van der Waals surface area contributed by atoms with Crippen LogP contribution in [0.4, 0.5) is 0 Å². The van der Waals surface area contributed by atoms with Gasteiger partial charge in [0.05, 0.1) is 12.0 Å². The zero-order valence-corrected chi connectivity index (χ0v) is 12.9. The molecule has 2 unspecified atom stereocenters. The average molecular weight is 304 g/mol. The molecule has 5 heteroatoms. The SMILES string of the molecule is CS(=O)(=O)NC1=CCCC=C1c1ccc(C2CC2N)cc1. The largest absolute Gasteiger partial charge is 0.327 e. The topological polar surface area (TPSA) is 72.2 Å². The van der Waals surface area contributed by atoms with E-state index in [1.54, 1.807) is 0 Å². The lowest BCUT2D eigenvalue weighted by Crippen LogP contribution is -2.23. The second-order valence-corrected chi connectivity index (χ2v) is 7.56. The summed E-state index contributed by atoms with van der Waals surface area (Å²) in [5, 5.41) is 0. The quantitative estimate of drug-likeness (QED) is 0.895. The summed E-state index contributed by atoms with van der Waals surface area (Å²) < 4.78 is 25.6. The molecular formula is C16H20N2O2S. The summed E-state index contributed by atoms with van der Waals surface area (Å²) in [6.45, 7) is 0. The summed E-state index contributed by atoms with van der Waals surface area (Å²) in [4.78, 5) is 0. The molecule has 0 heterocycles. The molecule has 0 radical (unpaired) electrons. The standard InChI is InChI=1S/C16H20N2O2S/c1-21(19,20)18-16-5-3-2-4-13(16)11-6-8-12(9-7-11)14-10-15(14)17/h4-9,14-15,18H,2-3,10,17H2,1H3. The highest BCUT2D eigenvalue weighted by molar-refractivity contribution is 7.88. The Kier molecular flexibility index (Phi) is 3.63. The number of hydrogen-bond donors (Lipinski definition) is 2. The van der Waals surface area contributed by atoms with Crippen LogP contribution in [0.3, 0.4) is 0 Å². The van der Waals surface area contributed by atoms with Crippen molar-refractivity contribution in [1.29, 1.82) is 0 Å². The van der Waals surface area contributed by atoms with Crippen LogP contribution in [0.2, 0.25) is 0 Å². The van der Waals surface area contributed by atoms with Crippen LogP contribution in [0.25, 0.3) is 5.57 Å². The Morgan fingerprint density at radius 2 is 1.76 bits per heavy atom. The maximum atomic E-state index is 11.5. The van der Waals surface area contributed by atoms with Gasteiger partial charge in [0.1, 0.15) is 0 Å². The number of allylic oxidation sites excluding steroid dienone is 3. The number of sulfonamides is 1. The Bertz CT molecular complexity index is 702. The molecule has 1 aromatic carbocycles. The fourth-order valence-corrected chi connectivity index (χ4v) is 3.35. The number of hydrogen-bond acceptors (Lipinski definition) is 3. The van der Waals surface area contributed by atoms with E-state index < -0.39 is 10.0 Å². The van der Waals surface area contributed by atoms with Crippen molar-refractivity contribution < 1.29 is 8.42 Å². The molecule has 0 saturated heterocycles. The van der Waals surface area contributed by atoms with E-state index in [0.717, 1.165) is 30.4 Å². The maximum Gasteiger partial charge on any atom is 0.229 e. The molecule has 2 atom stereocenters. The highest BCUT2D eigenvalue weighted by Crippen LogP contribution is 2.39. The van der Waals surface area contributed by atoms with E-state index in [0.29, 0.717) is 17.7 Å². The van der Waals surface area contributed by atoms with Gasteiger partial charge in [-0.05, 0) is 30.4 Å². The van der Waals surface area contributed by atoms with Gasteiger partial charge in [0.2, 0.25) is 10.0 Å². The fourth-order valence-electron chi connectivity index (χ4n) is 2.75. The minimum atomic E-state index is -3.26. The van der Waals surface area contributed by atoms with Gasteiger partial charge < -0.3 is 5.73 Å². The minimum absolute atomic E-state index is 0.298. The molecule has 2 aliphatic carbocycles. The van der Waals surface area contributed by atoms with Gasteiger partial charge in [-0.25, -0.2) is 8.42 Å². The zero-order valence-electron chi connectivity index (χ0n) is 12.0. The first kappa shape index (κ1) is 14.4. The average Bonchev–Trinajstić information content (AvgIpc) is 3.15. The van der Waals surface area contributed by atoms with Crippen LogP contribution in [-0.4, -0.2) is 20.7 Å². The van der Waals surface area contributed by atoms with Gasteiger partial charge in [-0.3, -0.25) is 4.72 Å². The van der Waals surface area contributed by atoms with Crippen molar-refractivity contribution in [3.63, 3.8) is 0 Å². The second-order valence-electron chi connectivity index (χ2n) is 5.82. The molecule has 1 fully saturated rings. The minimum Gasteiger partial charge on any atom is -0.327 e. The predicted octanol–water partition coefficient (Wildman–Crippen LogP) is 2.11. The smallest absolute Gasteiger partial charge is 0.229 e. The van der Waals surface area contributed by atoms with E-state index in [2.05, 4.69) is 35.1 Å². The van der Waals surface area contributed by atoms with E-state index in [1.807, 2.05) is 6.08 Å². The van der Waals surface area contributed by atoms with E-state index in [1.165, 1.54) is 11.8 Å². The number of rotatable bonds is 4. The molecule has 4 nitrogen and oxygen atoms in total. The van der Waals surface area contributed by atoms with Crippen LogP contribution >= 0.6 is 0 Å². The van der Waals surface area contributed by atoms with Gasteiger partial charge in [-0.1, -0.05) is 36.4 Å². The maximum absolute atomic E-state index is 11.5. The van der Waals surface area contributed by atoms with Crippen LogP contribution in [0.5, 0.6) is 0 Å². The molecule has 21 heavy (non-hydrogen) atoms. The van der Waals surface area contributed by atoms with Crippen LogP contribution in [-0.2, 0) is 10.0 Å². The summed E-state index contributed by atoms with van der Waals surface area (Å²) >= 11 is 0. The van der Waals surface area contributed by atoms with Gasteiger partial charge in [-0.2, -0.15) is 0 Å². The van der Waals surface area contributed by atoms with Crippen molar-refractivity contribution in [2.24, 2.45) is 5.73 Å². The number of benzene rings is 1. The molecule has 1 aromatic rings. The molecule has 3 rings (SSSR count). The van der Waals surface area contributed by atoms with E-state index in [9.17, 15) is 8.42 Å². The van der Waals surface area contributed by atoms with Gasteiger partial charge in [0, 0.05) is 17.5 Å². The lowest BCUT2D eigenvalue weighted by molar-refractivity contribution is 0.595. The van der Waals surface area contributed by atoms with Crippen LogP contribution in [0.15, 0.2) is 42.1 Å². The zero-order chi connectivity index (χ0) is 15.0. The van der Waals surface area contributed by atoms with E-state index >= 15 is 0 Å². The molecule has 0 aromatic heterocycles. The molecule has 2 aliphatic rings. The van der Waals surface area contributed by atoms with Gasteiger partial charge in [-0.15, -0.1) is 0 Å². The Balaban J connectivity index is 1.84. The number of nitrogens with one attached hydrogen (secondary N) is 1. The Labute approximate surface area is 125 Å². The lowest BCUT2D eigenvalue weighted by atomic mass is 9.95. The lowest BCUT2D eigenvalue weighted by Gasteiger charge is -2.17. The molecule has 0 bridgehead atoms. The molecule has 0 amide bonds. The Morgan fingerprint density at radius 1 is 1.14 bits per heavy atom. The first-order valence-corrected chi connectivity index (χ1v) is 9.07. The third-order valence-corrected chi connectivity index (χ3v) is 4.53. The van der Waals surface area contributed by atoms with E-state index in [-0.39, 0.29) is 0 Å². The van der Waals surface area contributed by atoms with Crippen molar-refractivity contribution in [3.05, 3.63) is 53.2 Å². The molecule has 1 saturated carbocycles. The normalized spacial score (nSPS) is 25.0. The molecule has 112 valence electrons. The predicted molar refractivity (Wildman–Crippen MR) is 85.0 cm³/mol. The second kappa shape index (κ2) is 5.31. The highest BCUT2D eigenvalue weighted by Gasteiger charge is 2.34. The van der Waals surface area contributed by atoms with Crippen molar-refractivity contribution >= 4 is 15.6 Å². The van der Waals surface area contributed by atoms with E-state index in [4.69, 9.17) is 5.73 Å². The van der Waals surface area contributed by atoms with Crippen LogP contribution < -0.4 is 10.5 Å². The number of nitrogens with two attached hydrogens (primary N) is 1. The van der Waals surface area contributed by atoms with Crippen LogP contribution in [0, 0.1) is 0 Å². The summed E-state index contributed by atoms with van der Waals surface area (Å²) in [6.07, 6.45) is 8.06. The van der Waals surface area contributed by atoms with Crippen molar-refractivity contribution in [2.45, 2.75) is 31.2 Å². The van der Waals surface area contributed by atoms with Crippen LogP contribution in [0.1, 0.15) is 36.3 Å². The molecular weight excluding hydrogens is 284 g/mol. The van der Waals surface area contributed by atoms with Crippen molar-refractivity contribution in [2.75, 3.05) is 6.26 Å². The monoisotopic (exact) mass is 304 g/mol. The third-order valence-electron chi connectivity index (χ3n) is 3.94. The highest BCUT2D eigenvalue weighted by atomic mass is 32.2. The fraction of sp³-hybridized carbons (Fsp3) is 0.375. The molecule has 0 aliphatic heterocycles. The van der Waals surface area contributed by atoms with Gasteiger partial charge >= 0.3 is 0 Å². The van der Waals surface area contributed by atoms with Gasteiger partial charge in [0.25, 0.3) is 0 Å². The summed E-state index contributed by atoms with van der Waals surface area (Å²) in [6, 6.07) is 8.60. The summed E-state index contributed by atoms with van der Waals surface area (Å²) in [5.74, 6) is 0.489. The third kappa shape index (κ3) is 3.36. The Morgan fingerprint density at radius 3 is 2.33 bits per heavy atom. The molecule has 3 N–H and O–H groups in total. The molecule has 0 spiro atoms. The van der Waals surface area contributed by atoms with Gasteiger partial charge in [0.15, 0.2) is 0 Å². The summed E-state index contributed by atoms with van der Waals surface area (Å²) in [7, 11) is -3.26.